The van der Waals surface area contributed by atoms with E-state index in [2.05, 4.69) is 10.1 Å². The summed E-state index contributed by atoms with van der Waals surface area (Å²) in [6, 6.07) is 1.76. The normalized spacial score (nSPS) is 12.9. The molecule has 1 atom stereocenters. The van der Waals surface area contributed by atoms with E-state index in [1.807, 2.05) is 6.92 Å². The van der Waals surface area contributed by atoms with Gasteiger partial charge in [-0.05, 0) is 12.5 Å². The van der Waals surface area contributed by atoms with Crippen LogP contribution in [-0.2, 0) is 6.42 Å². The van der Waals surface area contributed by atoms with Gasteiger partial charge in [-0.25, -0.2) is 0 Å². The summed E-state index contributed by atoms with van der Waals surface area (Å²) in [5.41, 5.74) is 6.49. The van der Waals surface area contributed by atoms with Gasteiger partial charge < -0.3 is 10.3 Å². The molecule has 0 bridgehead atoms. The van der Waals surface area contributed by atoms with Gasteiger partial charge in [0.05, 0.1) is 9.90 Å². The van der Waals surface area contributed by atoms with Crippen molar-refractivity contribution in [1.82, 2.24) is 10.1 Å². The van der Waals surface area contributed by atoms with E-state index in [1.165, 1.54) is 11.3 Å². The van der Waals surface area contributed by atoms with Crippen LogP contribution in [0.5, 0.6) is 0 Å². The molecule has 2 aromatic heterocycles. The van der Waals surface area contributed by atoms with Crippen molar-refractivity contribution in [3.05, 3.63) is 20.6 Å². The number of hydrogen-bond acceptors (Lipinski definition) is 5. The fourth-order valence-corrected chi connectivity index (χ4v) is 2.76. The zero-order valence-electron chi connectivity index (χ0n) is 9.11. The van der Waals surface area contributed by atoms with Gasteiger partial charge in [0.2, 0.25) is 0 Å². The molecule has 17 heavy (non-hydrogen) atoms. The highest BCUT2D eigenvalue weighted by Crippen LogP contribution is 2.37. The fraction of sp³-hybridized carbons (Fsp3) is 0.400. The zero-order chi connectivity index (χ0) is 12.4. The van der Waals surface area contributed by atoms with Crippen LogP contribution in [0.4, 0.5) is 0 Å². The van der Waals surface area contributed by atoms with Crippen molar-refractivity contribution >= 4 is 34.5 Å². The van der Waals surface area contributed by atoms with Gasteiger partial charge in [-0.2, -0.15) is 4.98 Å². The van der Waals surface area contributed by atoms with Crippen LogP contribution in [-0.4, -0.2) is 16.2 Å². The second kappa shape index (κ2) is 5.35. The lowest BCUT2D eigenvalue weighted by Gasteiger charge is -2.02. The topological polar surface area (TPSA) is 64.9 Å². The fourth-order valence-electron chi connectivity index (χ4n) is 1.31. The highest BCUT2D eigenvalue weighted by molar-refractivity contribution is 7.20. The summed E-state index contributed by atoms with van der Waals surface area (Å²) in [4.78, 5) is 4.25. The lowest BCUT2D eigenvalue weighted by atomic mass is 10.2. The van der Waals surface area contributed by atoms with E-state index in [1.54, 1.807) is 6.07 Å². The molecule has 0 saturated carbocycles. The van der Waals surface area contributed by atoms with Crippen LogP contribution in [0.3, 0.4) is 0 Å². The van der Waals surface area contributed by atoms with E-state index in [0.717, 1.165) is 6.42 Å². The average Bonchev–Trinajstić information content (AvgIpc) is 2.85. The molecule has 0 fully saturated rings. The Morgan fingerprint density at radius 2 is 2.29 bits per heavy atom. The minimum absolute atomic E-state index is 0.0435. The van der Waals surface area contributed by atoms with E-state index in [-0.39, 0.29) is 6.04 Å². The molecule has 0 aromatic carbocycles. The summed E-state index contributed by atoms with van der Waals surface area (Å²) in [6.07, 6.45) is 1.46. The number of nitrogens with two attached hydrogens (primary N) is 1. The van der Waals surface area contributed by atoms with Crippen molar-refractivity contribution in [3.8, 4) is 11.5 Å². The Morgan fingerprint density at radius 1 is 1.53 bits per heavy atom. The van der Waals surface area contributed by atoms with Crippen LogP contribution in [0.25, 0.3) is 11.5 Å². The number of halogens is 2. The number of hydrogen-bond donors (Lipinski definition) is 1. The maximum absolute atomic E-state index is 6.00. The molecule has 0 saturated heterocycles. The molecule has 2 heterocycles. The third-order valence-corrected chi connectivity index (χ3v) is 3.81. The largest absolute Gasteiger partial charge is 0.334 e. The smallest absolute Gasteiger partial charge is 0.260 e. The Kier molecular flexibility index (Phi) is 4.04. The van der Waals surface area contributed by atoms with Gasteiger partial charge >= 0.3 is 0 Å². The van der Waals surface area contributed by atoms with E-state index in [0.29, 0.717) is 32.4 Å². The first-order valence-electron chi connectivity index (χ1n) is 5.13. The van der Waals surface area contributed by atoms with E-state index < -0.39 is 0 Å². The maximum atomic E-state index is 6.00. The summed E-state index contributed by atoms with van der Waals surface area (Å²) in [6.45, 7) is 2.02. The van der Waals surface area contributed by atoms with Gasteiger partial charge in [0.1, 0.15) is 4.34 Å². The minimum Gasteiger partial charge on any atom is -0.334 e. The molecule has 0 aliphatic heterocycles. The minimum atomic E-state index is 0.0435. The Morgan fingerprint density at radius 3 is 2.88 bits per heavy atom. The van der Waals surface area contributed by atoms with Crippen LogP contribution in [0.1, 0.15) is 19.2 Å². The molecule has 0 amide bonds. The Hall–Kier alpha value is -0.620. The Labute approximate surface area is 113 Å². The molecule has 92 valence electrons. The van der Waals surface area contributed by atoms with Gasteiger partial charge in [-0.1, -0.05) is 35.3 Å². The van der Waals surface area contributed by atoms with E-state index in [4.69, 9.17) is 33.5 Å². The first kappa shape index (κ1) is 12.8. The van der Waals surface area contributed by atoms with Crippen LogP contribution in [0, 0.1) is 0 Å². The molecular weight excluding hydrogens is 281 g/mol. The molecule has 0 spiro atoms. The lowest BCUT2D eigenvalue weighted by Crippen LogP contribution is -2.21. The number of thiophene rings is 1. The summed E-state index contributed by atoms with van der Waals surface area (Å²) in [5.74, 6) is 0.976. The number of aromatic nitrogens is 2. The SMILES string of the molecule is CCC(N)Cc1noc(-c2cc(Cl)sc2Cl)n1. The van der Waals surface area contributed by atoms with Gasteiger partial charge in [0, 0.05) is 12.5 Å². The maximum Gasteiger partial charge on any atom is 0.260 e. The highest BCUT2D eigenvalue weighted by atomic mass is 35.5. The molecule has 2 aromatic rings. The Balaban J connectivity index is 2.21. The summed E-state index contributed by atoms with van der Waals surface area (Å²) in [7, 11) is 0. The van der Waals surface area contributed by atoms with E-state index in [9.17, 15) is 0 Å². The van der Waals surface area contributed by atoms with Gasteiger partial charge in [-0.15, -0.1) is 11.3 Å². The molecule has 2 rings (SSSR count). The molecule has 0 aliphatic rings. The molecular formula is C10H11Cl2N3OS. The molecule has 2 N–H and O–H groups in total. The second-order valence-corrected chi connectivity index (χ2v) is 5.91. The molecule has 7 heteroatoms. The number of nitrogens with zero attached hydrogens (tertiary/aromatic N) is 2. The van der Waals surface area contributed by atoms with Crippen molar-refractivity contribution in [2.24, 2.45) is 5.73 Å². The van der Waals surface area contributed by atoms with Gasteiger partial charge in [0.15, 0.2) is 5.82 Å². The molecule has 1 unspecified atom stereocenters. The van der Waals surface area contributed by atoms with Gasteiger partial charge in [0.25, 0.3) is 5.89 Å². The lowest BCUT2D eigenvalue weighted by molar-refractivity contribution is 0.419. The zero-order valence-corrected chi connectivity index (χ0v) is 11.4. The van der Waals surface area contributed by atoms with Gasteiger partial charge in [-0.3, -0.25) is 0 Å². The standard InChI is InChI=1S/C10H11Cl2N3OS/c1-2-5(13)3-8-14-10(16-15-8)6-4-7(11)17-9(6)12/h4-5H,2-3,13H2,1H3. The third-order valence-electron chi connectivity index (χ3n) is 2.32. The Bertz CT molecular complexity index is 511. The van der Waals surface area contributed by atoms with Crippen molar-refractivity contribution in [1.29, 1.82) is 0 Å². The van der Waals surface area contributed by atoms with Crippen molar-refractivity contribution in [2.75, 3.05) is 0 Å². The van der Waals surface area contributed by atoms with Crippen LogP contribution >= 0.6 is 34.5 Å². The van der Waals surface area contributed by atoms with Crippen molar-refractivity contribution in [3.63, 3.8) is 0 Å². The molecule has 0 aliphatic carbocycles. The summed E-state index contributed by atoms with van der Waals surface area (Å²) >= 11 is 13.1. The highest BCUT2D eigenvalue weighted by Gasteiger charge is 2.16. The second-order valence-electron chi connectivity index (χ2n) is 3.63. The first-order chi connectivity index (χ1) is 8.10. The molecule has 0 radical (unpaired) electrons. The predicted molar refractivity (Wildman–Crippen MR) is 69.6 cm³/mol. The summed E-state index contributed by atoms with van der Waals surface area (Å²) in [5, 5.41) is 3.87. The van der Waals surface area contributed by atoms with Crippen LogP contribution in [0.2, 0.25) is 8.67 Å². The third kappa shape index (κ3) is 2.98. The monoisotopic (exact) mass is 291 g/mol. The van der Waals surface area contributed by atoms with Crippen molar-refractivity contribution < 1.29 is 4.52 Å². The number of rotatable bonds is 4. The first-order valence-corrected chi connectivity index (χ1v) is 6.70. The van der Waals surface area contributed by atoms with Crippen LogP contribution in [0.15, 0.2) is 10.6 Å². The summed E-state index contributed by atoms with van der Waals surface area (Å²) < 4.78 is 6.28. The quantitative estimate of drug-likeness (QED) is 0.938. The van der Waals surface area contributed by atoms with Crippen LogP contribution < -0.4 is 5.73 Å². The molecule has 4 nitrogen and oxygen atoms in total. The predicted octanol–water partition coefficient (Wildman–Crippen LogP) is 3.38. The van der Waals surface area contributed by atoms with Crippen molar-refractivity contribution in [2.45, 2.75) is 25.8 Å². The van der Waals surface area contributed by atoms with E-state index >= 15 is 0 Å². The average molecular weight is 292 g/mol.